The zero-order chi connectivity index (χ0) is 23.7. The molecule has 1 fully saturated rings. The summed E-state index contributed by atoms with van der Waals surface area (Å²) in [6.45, 7) is 3.89. The molecule has 10 heteroatoms. The number of nitrogens with zero attached hydrogens (tertiary/aromatic N) is 1. The van der Waals surface area contributed by atoms with Crippen LogP contribution in [0.1, 0.15) is 36.8 Å². The number of fused-ring (bicyclic) bond motifs is 1. The van der Waals surface area contributed by atoms with Crippen LogP contribution in [0.15, 0.2) is 26.3 Å². The molecule has 0 amide bonds. The Balaban J connectivity index is 2.16. The molecule has 1 aromatic carbocycles. The summed E-state index contributed by atoms with van der Waals surface area (Å²) >= 11 is 0. The minimum atomic E-state index is -1.25. The summed E-state index contributed by atoms with van der Waals surface area (Å²) in [6, 6.07) is 2.64. The standard InChI is InChI=1S/C22H27NO9/c1-9-4-13(25)18(22-20(30)11(3)19(29)15(8-24)32-22)21-17(9)14(26)6-12(31-21)5-10(2)23-7-16(27)28/h4,6,11,15,19-20,22,24-25,29-30H,5,7-8H2,1-3H3,(H,27,28). The van der Waals surface area contributed by atoms with Crippen molar-refractivity contribution in [3.63, 3.8) is 0 Å². The van der Waals surface area contributed by atoms with Crippen molar-refractivity contribution in [1.29, 1.82) is 0 Å². The number of aromatic hydroxyl groups is 1. The van der Waals surface area contributed by atoms with Gasteiger partial charge in [-0.3, -0.25) is 14.6 Å². The number of ether oxygens (including phenoxy) is 1. The maximum atomic E-state index is 12.9. The highest BCUT2D eigenvalue weighted by atomic mass is 16.5. The number of aliphatic imine (C=N–C) groups is 1. The Labute approximate surface area is 183 Å². The molecule has 1 aromatic heterocycles. The van der Waals surface area contributed by atoms with Crippen molar-refractivity contribution in [3.05, 3.63) is 39.2 Å². The Hall–Kier alpha value is -2.79. The molecule has 0 aliphatic carbocycles. The maximum absolute atomic E-state index is 12.9. The lowest BCUT2D eigenvalue weighted by Gasteiger charge is -2.41. The summed E-state index contributed by atoms with van der Waals surface area (Å²) in [5, 5.41) is 50.3. The fourth-order valence-electron chi connectivity index (χ4n) is 4.00. The predicted octanol–water partition coefficient (Wildman–Crippen LogP) is 0.685. The first-order chi connectivity index (χ1) is 15.0. The second-order valence-corrected chi connectivity index (χ2v) is 8.15. The average molecular weight is 449 g/mol. The van der Waals surface area contributed by atoms with Crippen molar-refractivity contribution in [1.82, 2.24) is 0 Å². The van der Waals surface area contributed by atoms with E-state index in [0.29, 0.717) is 11.3 Å². The SMILES string of the molecule is CC(Cc1cc(=O)c2c(C)cc(O)c(C3OC(CO)C(O)C(C)C3O)c2o1)=NCC(=O)O. The molecule has 0 saturated carbocycles. The van der Waals surface area contributed by atoms with Crippen molar-refractivity contribution in [2.45, 2.75) is 51.6 Å². The van der Waals surface area contributed by atoms with Gasteiger partial charge in [-0.2, -0.15) is 0 Å². The normalized spacial score (nSPS) is 26.4. The molecular weight excluding hydrogens is 422 g/mol. The number of aryl methyl sites for hydroxylation is 1. The highest BCUT2D eigenvalue weighted by molar-refractivity contribution is 5.88. The molecule has 0 spiro atoms. The highest BCUT2D eigenvalue weighted by Gasteiger charge is 2.44. The molecule has 1 saturated heterocycles. The molecule has 32 heavy (non-hydrogen) atoms. The molecule has 5 N–H and O–H groups in total. The largest absolute Gasteiger partial charge is 0.507 e. The Bertz CT molecular complexity index is 1100. The van der Waals surface area contributed by atoms with Gasteiger partial charge >= 0.3 is 5.97 Å². The van der Waals surface area contributed by atoms with E-state index in [1.807, 2.05) is 0 Å². The van der Waals surface area contributed by atoms with Crippen LogP contribution in [0.25, 0.3) is 11.0 Å². The van der Waals surface area contributed by atoms with E-state index in [2.05, 4.69) is 4.99 Å². The third-order valence-corrected chi connectivity index (χ3v) is 5.74. The van der Waals surface area contributed by atoms with Gasteiger partial charge < -0.3 is 34.7 Å². The van der Waals surface area contributed by atoms with Gasteiger partial charge in [0.2, 0.25) is 0 Å². The lowest BCUT2D eigenvalue weighted by Crippen LogP contribution is -2.50. The fraction of sp³-hybridized carbons (Fsp3) is 0.500. The van der Waals surface area contributed by atoms with E-state index in [-0.39, 0.29) is 39.9 Å². The van der Waals surface area contributed by atoms with Gasteiger partial charge in [0.15, 0.2) is 5.43 Å². The molecule has 3 rings (SSSR count). The predicted molar refractivity (Wildman–Crippen MR) is 114 cm³/mol. The van der Waals surface area contributed by atoms with Gasteiger partial charge in [-0.15, -0.1) is 0 Å². The van der Waals surface area contributed by atoms with Crippen molar-refractivity contribution < 1.29 is 39.5 Å². The molecule has 1 aliphatic heterocycles. The number of carbonyl (C=O) groups is 1. The van der Waals surface area contributed by atoms with E-state index in [9.17, 15) is 30.0 Å². The highest BCUT2D eigenvalue weighted by Crippen LogP contribution is 2.42. The molecule has 0 radical (unpaired) electrons. The number of carboxylic acids is 1. The number of hydrogen-bond donors (Lipinski definition) is 5. The molecular formula is C22H27NO9. The van der Waals surface area contributed by atoms with Gasteiger partial charge in [0, 0.05) is 24.1 Å². The van der Waals surface area contributed by atoms with Crippen LogP contribution in [0, 0.1) is 12.8 Å². The van der Waals surface area contributed by atoms with Gasteiger partial charge in [0.05, 0.1) is 29.8 Å². The van der Waals surface area contributed by atoms with E-state index in [4.69, 9.17) is 14.3 Å². The monoisotopic (exact) mass is 449 g/mol. The lowest BCUT2D eigenvalue weighted by atomic mass is 9.84. The van der Waals surface area contributed by atoms with Crippen LogP contribution in [-0.4, -0.2) is 68.7 Å². The zero-order valence-electron chi connectivity index (χ0n) is 18.0. The zero-order valence-corrected chi connectivity index (χ0v) is 18.0. The first-order valence-electron chi connectivity index (χ1n) is 10.2. The minimum Gasteiger partial charge on any atom is -0.507 e. The van der Waals surface area contributed by atoms with Crippen molar-refractivity contribution >= 4 is 22.7 Å². The van der Waals surface area contributed by atoms with Gasteiger partial charge in [-0.1, -0.05) is 6.92 Å². The second-order valence-electron chi connectivity index (χ2n) is 8.15. The van der Waals surface area contributed by atoms with E-state index >= 15 is 0 Å². The van der Waals surface area contributed by atoms with Crippen LogP contribution < -0.4 is 5.43 Å². The third-order valence-electron chi connectivity index (χ3n) is 5.74. The fourth-order valence-corrected chi connectivity index (χ4v) is 4.00. The first kappa shape index (κ1) is 23.9. The quantitative estimate of drug-likeness (QED) is 0.398. The molecule has 174 valence electrons. The van der Waals surface area contributed by atoms with Crippen LogP contribution in [-0.2, 0) is 16.0 Å². The van der Waals surface area contributed by atoms with Crippen LogP contribution in [0.4, 0.5) is 0 Å². The Kier molecular flexibility index (Phi) is 6.99. The smallest absolute Gasteiger partial charge is 0.325 e. The number of rotatable bonds is 6. The third kappa shape index (κ3) is 4.53. The van der Waals surface area contributed by atoms with E-state index in [1.54, 1.807) is 20.8 Å². The van der Waals surface area contributed by atoms with Gasteiger partial charge in [-0.25, -0.2) is 0 Å². The number of aliphatic hydroxyl groups is 3. The topological polar surface area (TPSA) is 170 Å². The summed E-state index contributed by atoms with van der Waals surface area (Å²) in [6.07, 6.45) is -4.49. The Morgan fingerprint density at radius 3 is 2.53 bits per heavy atom. The molecule has 2 aromatic rings. The first-order valence-corrected chi connectivity index (χ1v) is 10.2. The van der Waals surface area contributed by atoms with Crippen molar-refractivity contribution in [2.75, 3.05) is 13.2 Å². The Morgan fingerprint density at radius 2 is 1.91 bits per heavy atom. The van der Waals surface area contributed by atoms with Gasteiger partial charge in [0.25, 0.3) is 0 Å². The van der Waals surface area contributed by atoms with Crippen LogP contribution >= 0.6 is 0 Å². The van der Waals surface area contributed by atoms with Gasteiger partial charge in [0.1, 0.15) is 35.8 Å². The number of aliphatic hydroxyl groups excluding tert-OH is 3. The summed E-state index contributed by atoms with van der Waals surface area (Å²) in [5.74, 6) is -1.86. The number of hydrogen-bond acceptors (Lipinski definition) is 9. The van der Waals surface area contributed by atoms with Crippen molar-refractivity contribution in [2.24, 2.45) is 10.9 Å². The van der Waals surface area contributed by atoms with E-state index in [0.717, 1.165) is 0 Å². The molecule has 0 bridgehead atoms. The van der Waals surface area contributed by atoms with Gasteiger partial charge in [-0.05, 0) is 25.5 Å². The van der Waals surface area contributed by atoms with Crippen LogP contribution in [0.5, 0.6) is 5.75 Å². The molecule has 5 unspecified atom stereocenters. The second kappa shape index (κ2) is 9.37. The van der Waals surface area contributed by atoms with E-state index in [1.165, 1.54) is 12.1 Å². The number of phenolic OH excluding ortho intramolecular Hbond substituents is 1. The minimum absolute atomic E-state index is 0.0142. The number of phenols is 1. The number of carboxylic acid groups (broad SMARTS) is 1. The van der Waals surface area contributed by atoms with Crippen LogP contribution in [0.3, 0.4) is 0 Å². The summed E-state index contributed by atoms with van der Waals surface area (Å²) in [4.78, 5) is 27.5. The lowest BCUT2D eigenvalue weighted by molar-refractivity contribution is -0.207. The summed E-state index contributed by atoms with van der Waals surface area (Å²) in [7, 11) is 0. The summed E-state index contributed by atoms with van der Waals surface area (Å²) < 4.78 is 11.7. The molecule has 10 nitrogen and oxygen atoms in total. The van der Waals surface area contributed by atoms with E-state index < -0.39 is 49.5 Å². The van der Waals surface area contributed by atoms with Crippen molar-refractivity contribution in [3.8, 4) is 5.75 Å². The molecule has 2 heterocycles. The van der Waals surface area contributed by atoms with Crippen LogP contribution in [0.2, 0.25) is 0 Å². The maximum Gasteiger partial charge on any atom is 0.325 e. The number of benzene rings is 1. The molecule has 5 atom stereocenters. The number of aliphatic carboxylic acids is 1. The average Bonchev–Trinajstić information content (AvgIpc) is 2.71. The Morgan fingerprint density at radius 1 is 1.22 bits per heavy atom. The summed E-state index contributed by atoms with van der Waals surface area (Å²) in [5.41, 5.74) is 0.548. The molecule has 1 aliphatic rings.